The molecule has 17 heavy (non-hydrogen) atoms. The quantitative estimate of drug-likeness (QED) is 0.309. The van der Waals surface area contributed by atoms with Gasteiger partial charge >= 0.3 is 0 Å². The lowest BCUT2D eigenvalue weighted by Crippen LogP contribution is -2.28. The first-order chi connectivity index (χ1) is 7.93. The van der Waals surface area contributed by atoms with Crippen LogP contribution in [0.5, 0.6) is 0 Å². The average molecular weight is 233 g/mol. The summed E-state index contributed by atoms with van der Waals surface area (Å²) in [5.74, 6) is 5.02. The second kappa shape index (κ2) is 5.34. The Morgan fingerprint density at radius 3 is 2.29 bits per heavy atom. The molecule has 0 aromatic heterocycles. The number of hydrogen-bond donors (Lipinski definition) is 3. The molecule has 0 radical (unpaired) electrons. The predicted octanol–water partition coefficient (Wildman–Crippen LogP) is 1.10. The van der Waals surface area contributed by atoms with E-state index in [2.05, 4.69) is 48.5 Å². The summed E-state index contributed by atoms with van der Waals surface area (Å²) in [7, 11) is 0. The van der Waals surface area contributed by atoms with E-state index in [0.717, 1.165) is 5.56 Å². The topological polar surface area (TPSA) is 88.8 Å². The monoisotopic (exact) mass is 233 g/mol. The smallest absolute Gasteiger partial charge is 0.231 e. The molecule has 1 rings (SSSR count). The SMILES string of the molecule is CC(C)(C)c1ccc(C=NNC(N)=NN)cc1. The van der Waals surface area contributed by atoms with Crippen LogP contribution in [0.25, 0.3) is 0 Å². The van der Waals surface area contributed by atoms with Gasteiger partial charge in [-0.1, -0.05) is 45.0 Å². The fourth-order valence-corrected chi connectivity index (χ4v) is 1.27. The van der Waals surface area contributed by atoms with Crippen LogP contribution in [0, 0.1) is 0 Å². The summed E-state index contributed by atoms with van der Waals surface area (Å²) in [6, 6.07) is 8.17. The van der Waals surface area contributed by atoms with E-state index in [0.29, 0.717) is 0 Å². The fourth-order valence-electron chi connectivity index (χ4n) is 1.27. The molecule has 1 aromatic rings. The first kappa shape index (κ1) is 13.0. The maximum absolute atomic E-state index is 5.32. The van der Waals surface area contributed by atoms with Crippen LogP contribution in [0.1, 0.15) is 31.9 Å². The normalized spacial score (nSPS) is 13.0. The van der Waals surface area contributed by atoms with Crippen molar-refractivity contribution in [2.24, 2.45) is 21.8 Å². The largest absolute Gasteiger partial charge is 0.367 e. The summed E-state index contributed by atoms with van der Waals surface area (Å²) < 4.78 is 0. The fraction of sp³-hybridized carbons (Fsp3) is 0.333. The van der Waals surface area contributed by atoms with Crippen LogP contribution in [0.15, 0.2) is 34.5 Å². The second-order valence-electron chi connectivity index (χ2n) is 4.76. The third-order valence-corrected chi connectivity index (χ3v) is 2.31. The zero-order valence-corrected chi connectivity index (χ0v) is 10.4. The first-order valence-electron chi connectivity index (χ1n) is 5.36. The molecule has 5 N–H and O–H groups in total. The minimum atomic E-state index is 0.0764. The third-order valence-electron chi connectivity index (χ3n) is 2.31. The van der Waals surface area contributed by atoms with Gasteiger partial charge in [0.25, 0.3) is 0 Å². The Kier molecular flexibility index (Phi) is 4.09. The van der Waals surface area contributed by atoms with Crippen molar-refractivity contribution in [2.45, 2.75) is 26.2 Å². The maximum Gasteiger partial charge on any atom is 0.231 e. The molecule has 0 heterocycles. The summed E-state index contributed by atoms with van der Waals surface area (Å²) in [6.45, 7) is 6.53. The van der Waals surface area contributed by atoms with Gasteiger partial charge < -0.3 is 11.6 Å². The molecule has 0 fully saturated rings. The van der Waals surface area contributed by atoms with Crippen molar-refractivity contribution in [3.05, 3.63) is 35.4 Å². The van der Waals surface area contributed by atoms with Gasteiger partial charge in [0.2, 0.25) is 5.96 Å². The Morgan fingerprint density at radius 1 is 1.24 bits per heavy atom. The maximum atomic E-state index is 5.32. The van der Waals surface area contributed by atoms with Crippen LogP contribution in [0.2, 0.25) is 0 Å². The molecule has 92 valence electrons. The molecule has 0 amide bonds. The van der Waals surface area contributed by atoms with Gasteiger partial charge in [0.05, 0.1) is 6.21 Å². The molecule has 0 spiro atoms. The van der Waals surface area contributed by atoms with E-state index < -0.39 is 0 Å². The molecule has 0 atom stereocenters. The van der Waals surface area contributed by atoms with Crippen molar-refractivity contribution in [3.8, 4) is 0 Å². The van der Waals surface area contributed by atoms with Crippen LogP contribution < -0.4 is 17.0 Å². The number of hydrogen-bond acceptors (Lipinski definition) is 3. The first-order valence-corrected chi connectivity index (χ1v) is 5.36. The van der Waals surface area contributed by atoms with Crippen molar-refractivity contribution < 1.29 is 0 Å². The molecule has 5 heteroatoms. The van der Waals surface area contributed by atoms with Gasteiger partial charge in [-0.3, -0.25) is 0 Å². The van der Waals surface area contributed by atoms with Crippen LogP contribution >= 0.6 is 0 Å². The molecule has 0 saturated carbocycles. The van der Waals surface area contributed by atoms with Crippen molar-refractivity contribution in [2.75, 3.05) is 0 Å². The summed E-state index contributed by atoms with van der Waals surface area (Å²) in [6.07, 6.45) is 1.66. The third kappa shape index (κ3) is 4.14. The van der Waals surface area contributed by atoms with Crippen LogP contribution in [0.3, 0.4) is 0 Å². The van der Waals surface area contributed by atoms with E-state index in [1.807, 2.05) is 12.1 Å². The lowest BCUT2D eigenvalue weighted by atomic mass is 9.87. The van der Waals surface area contributed by atoms with E-state index in [4.69, 9.17) is 11.6 Å². The van der Waals surface area contributed by atoms with Gasteiger partial charge in [-0.2, -0.15) is 5.10 Å². The number of nitrogens with two attached hydrogens (primary N) is 2. The number of guanidine groups is 1. The number of hydrazone groups is 2. The van der Waals surface area contributed by atoms with Crippen LogP contribution in [0.4, 0.5) is 0 Å². The van der Waals surface area contributed by atoms with Gasteiger partial charge in [-0.15, -0.1) is 5.10 Å². The minimum Gasteiger partial charge on any atom is -0.367 e. The van der Waals surface area contributed by atoms with Crippen molar-refractivity contribution in [1.29, 1.82) is 0 Å². The van der Waals surface area contributed by atoms with Crippen LogP contribution in [-0.4, -0.2) is 12.2 Å². The minimum absolute atomic E-state index is 0.0764. The lowest BCUT2D eigenvalue weighted by Gasteiger charge is -2.18. The van der Waals surface area contributed by atoms with E-state index in [1.54, 1.807) is 6.21 Å². The number of rotatable bonds is 2. The van der Waals surface area contributed by atoms with Gasteiger partial charge in [-0.25, -0.2) is 5.43 Å². The molecule has 0 bridgehead atoms. The van der Waals surface area contributed by atoms with Gasteiger partial charge in [-0.05, 0) is 16.5 Å². The zero-order chi connectivity index (χ0) is 12.9. The number of nitrogens with one attached hydrogen (secondary N) is 1. The predicted molar refractivity (Wildman–Crippen MR) is 71.7 cm³/mol. The molecule has 0 aliphatic rings. The highest BCUT2D eigenvalue weighted by atomic mass is 15.4. The lowest BCUT2D eigenvalue weighted by molar-refractivity contribution is 0.590. The second-order valence-corrected chi connectivity index (χ2v) is 4.76. The van der Waals surface area contributed by atoms with Gasteiger partial charge in [0.15, 0.2) is 0 Å². The molecule has 1 aromatic carbocycles. The molecular weight excluding hydrogens is 214 g/mol. The van der Waals surface area contributed by atoms with E-state index >= 15 is 0 Å². The molecule has 0 unspecified atom stereocenters. The Balaban J connectivity index is 2.69. The summed E-state index contributed by atoms with van der Waals surface area (Å²) >= 11 is 0. The number of benzene rings is 1. The van der Waals surface area contributed by atoms with Crippen LogP contribution in [-0.2, 0) is 5.41 Å². The highest BCUT2D eigenvalue weighted by Gasteiger charge is 2.12. The molecule has 0 saturated heterocycles. The Labute approximate surface area is 102 Å². The summed E-state index contributed by atoms with van der Waals surface area (Å²) in [5, 5.41) is 7.13. The van der Waals surface area contributed by atoms with Gasteiger partial charge in [0, 0.05) is 0 Å². The van der Waals surface area contributed by atoms with Crippen molar-refractivity contribution in [3.63, 3.8) is 0 Å². The molecular formula is C12H19N5. The standard InChI is InChI=1S/C12H19N5/c1-12(2,3)10-6-4-9(5-7-10)8-15-17-11(13)16-14/h4-8H,14H2,1-3H3,(H3,13,16,17). The zero-order valence-electron chi connectivity index (χ0n) is 10.4. The number of nitrogens with zero attached hydrogens (tertiary/aromatic N) is 2. The molecule has 0 aliphatic carbocycles. The van der Waals surface area contributed by atoms with E-state index in [9.17, 15) is 0 Å². The summed E-state index contributed by atoms with van der Waals surface area (Å²) in [5.41, 5.74) is 10.2. The van der Waals surface area contributed by atoms with E-state index in [1.165, 1.54) is 5.56 Å². The average Bonchev–Trinajstić information content (AvgIpc) is 2.28. The van der Waals surface area contributed by atoms with Crippen molar-refractivity contribution in [1.82, 2.24) is 5.43 Å². The van der Waals surface area contributed by atoms with Gasteiger partial charge in [0.1, 0.15) is 0 Å². The summed E-state index contributed by atoms with van der Waals surface area (Å²) in [4.78, 5) is 0. The Hall–Kier alpha value is -2.04. The van der Waals surface area contributed by atoms with E-state index in [-0.39, 0.29) is 11.4 Å². The molecule has 0 aliphatic heterocycles. The highest BCUT2D eigenvalue weighted by Crippen LogP contribution is 2.21. The molecule has 5 nitrogen and oxygen atoms in total. The Bertz CT molecular complexity index is 412. The highest BCUT2D eigenvalue weighted by molar-refractivity contribution is 5.82. The van der Waals surface area contributed by atoms with Crippen molar-refractivity contribution >= 4 is 12.2 Å². The Morgan fingerprint density at radius 2 is 1.82 bits per heavy atom.